The van der Waals surface area contributed by atoms with Crippen molar-refractivity contribution in [2.75, 3.05) is 46.3 Å². The van der Waals surface area contributed by atoms with Crippen molar-refractivity contribution >= 4 is 35.9 Å². The summed E-state index contributed by atoms with van der Waals surface area (Å²) in [6, 6.07) is -2.13. The van der Waals surface area contributed by atoms with Gasteiger partial charge < -0.3 is 30.9 Å². The number of likely N-dealkylation sites (tertiary alicyclic amines) is 1. The lowest BCUT2D eigenvalue weighted by molar-refractivity contribution is -0.145. The molecule has 2 saturated carbocycles. The van der Waals surface area contributed by atoms with Crippen molar-refractivity contribution in [1.29, 1.82) is 0 Å². The number of aliphatic carboxylic acids is 1. The van der Waals surface area contributed by atoms with Crippen LogP contribution in [0.1, 0.15) is 90.4 Å². The highest BCUT2D eigenvalue weighted by Gasteiger charge is 2.61. The van der Waals surface area contributed by atoms with Crippen LogP contribution in [-0.4, -0.2) is 126 Å². The second-order valence-corrected chi connectivity index (χ2v) is 14.2. The molecule has 0 spiro atoms. The van der Waals surface area contributed by atoms with Gasteiger partial charge in [0.15, 0.2) is 6.29 Å². The van der Waals surface area contributed by atoms with E-state index in [9.17, 15) is 33.9 Å². The minimum Gasteiger partial charge on any atom is -0.479 e. The summed E-state index contributed by atoms with van der Waals surface area (Å²) in [5.41, 5.74) is -1.35. The van der Waals surface area contributed by atoms with E-state index in [1.165, 1.54) is 4.90 Å². The number of urea groups is 1. The molecule has 0 radical (unpaired) electrons. The minimum absolute atomic E-state index is 0.207. The molecule has 268 valence electrons. The Morgan fingerprint density at radius 2 is 1.73 bits per heavy atom. The van der Waals surface area contributed by atoms with Gasteiger partial charge in [0, 0.05) is 38.1 Å². The number of carbonyl (C=O) groups is 6. The number of Topliss-reactive ketones (excluding diaryl/α,β-unsaturated/α-hetero) is 1. The van der Waals surface area contributed by atoms with Crippen LogP contribution >= 0.6 is 0 Å². The second kappa shape index (κ2) is 17.9. The van der Waals surface area contributed by atoms with Crippen LogP contribution in [0.4, 0.5) is 4.79 Å². The van der Waals surface area contributed by atoms with Crippen LogP contribution < -0.4 is 16.0 Å². The number of nitrogens with zero attached hydrogens (tertiary/aromatic N) is 3. The van der Waals surface area contributed by atoms with Crippen LogP contribution in [-0.2, 0) is 24.0 Å². The standard InChI is InChI=1S/C35H56N6O7/c1-3-4-5-6-10-15-26-20-35(26,33(46)47)38-32(45)28-16-11-19-41(28)31(44)21-36-34(48)37-27(25-13-8-7-9-14-25)22-40-18-12-17-39(2)23-29(40)30(43)24-42/h10,15,24-29H,3-9,11-14,16-23H2,1-2H3,(H,38,45)(H,46,47)(H2,36,37,48)/b15-10-/t26?,27?,28-,29-,35+/m0/s1. The third-order valence-corrected chi connectivity index (χ3v) is 10.7. The topological polar surface area (TPSA) is 168 Å². The molecule has 2 aliphatic carbocycles. The first kappa shape index (κ1) is 37.5. The van der Waals surface area contributed by atoms with Gasteiger partial charge in [0.2, 0.25) is 17.6 Å². The number of amides is 4. The zero-order chi connectivity index (χ0) is 34.7. The summed E-state index contributed by atoms with van der Waals surface area (Å²) in [4.78, 5) is 81.6. The van der Waals surface area contributed by atoms with Gasteiger partial charge in [-0.2, -0.15) is 0 Å². The number of allylic oxidation sites excluding steroid dienone is 1. The molecule has 4 N–H and O–H groups in total. The number of hydrogen-bond donors (Lipinski definition) is 4. The first-order chi connectivity index (χ1) is 23.1. The monoisotopic (exact) mass is 672 g/mol. The SMILES string of the molecule is CCCCC/C=C\C1C[C@]1(NC(=O)[C@@H]1CCCN1C(=O)CNC(=O)NC(CN1CCCN(C)C[C@H]1C(=O)C=O)C1CCCCC1)C(=O)O. The van der Waals surface area contributed by atoms with Gasteiger partial charge in [-0.1, -0.05) is 51.2 Å². The van der Waals surface area contributed by atoms with Gasteiger partial charge in [0.05, 0.1) is 12.6 Å². The Morgan fingerprint density at radius 3 is 2.44 bits per heavy atom. The van der Waals surface area contributed by atoms with Crippen LogP contribution in [0.15, 0.2) is 12.2 Å². The van der Waals surface area contributed by atoms with E-state index in [1.54, 1.807) is 0 Å². The Hall–Kier alpha value is -3.32. The van der Waals surface area contributed by atoms with Crippen LogP contribution in [0.2, 0.25) is 0 Å². The minimum atomic E-state index is -1.35. The lowest BCUT2D eigenvalue weighted by Crippen LogP contribution is -2.57. The fraction of sp³-hybridized carbons (Fsp3) is 0.771. The number of carboxylic acid groups (broad SMARTS) is 1. The number of hydrogen-bond acceptors (Lipinski definition) is 8. The van der Waals surface area contributed by atoms with Gasteiger partial charge in [-0.05, 0) is 70.9 Å². The molecule has 2 aliphatic heterocycles. The highest BCUT2D eigenvalue weighted by atomic mass is 16.4. The number of likely N-dealkylation sites (N-methyl/N-ethyl adjacent to an activating group) is 1. The van der Waals surface area contributed by atoms with Crippen molar-refractivity contribution in [2.24, 2.45) is 11.8 Å². The highest BCUT2D eigenvalue weighted by molar-refractivity contribution is 6.27. The maximum Gasteiger partial charge on any atom is 0.330 e. The molecule has 0 aromatic heterocycles. The fourth-order valence-corrected chi connectivity index (χ4v) is 7.72. The molecule has 2 saturated heterocycles. The zero-order valence-electron chi connectivity index (χ0n) is 28.8. The molecule has 4 amide bonds. The predicted molar refractivity (Wildman–Crippen MR) is 180 cm³/mol. The van der Waals surface area contributed by atoms with Crippen molar-refractivity contribution in [3.63, 3.8) is 0 Å². The Morgan fingerprint density at radius 1 is 0.958 bits per heavy atom. The van der Waals surface area contributed by atoms with Gasteiger partial charge >= 0.3 is 12.0 Å². The van der Waals surface area contributed by atoms with E-state index < -0.39 is 47.2 Å². The fourth-order valence-electron chi connectivity index (χ4n) is 7.72. The number of nitrogens with one attached hydrogen (secondary N) is 3. The largest absolute Gasteiger partial charge is 0.479 e. The summed E-state index contributed by atoms with van der Waals surface area (Å²) >= 11 is 0. The average Bonchev–Trinajstić information content (AvgIpc) is 3.61. The lowest BCUT2D eigenvalue weighted by atomic mass is 9.83. The Labute approximate surface area is 284 Å². The van der Waals surface area contributed by atoms with Crippen molar-refractivity contribution in [3.05, 3.63) is 12.2 Å². The van der Waals surface area contributed by atoms with E-state index in [2.05, 4.69) is 27.8 Å². The van der Waals surface area contributed by atoms with Crippen LogP contribution in [0.25, 0.3) is 0 Å². The highest BCUT2D eigenvalue weighted by Crippen LogP contribution is 2.45. The molecule has 48 heavy (non-hydrogen) atoms. The first-order valence-electron chi connectivity index (χ1n) is 18.1. The number of carboxylic acids is 1. The summed E-state index contributed by atoms with van der Waals surface area (Å²) in [6.45, 7) is 4.50. The van der Waals surface area contributed by atoms with E-state index >= 15 is 0 Å². The average molecular weight is 673 g/mol. The Balaban J connectivity index is 1.33. The van der Waals surface area contributed by atoms with Crippen molar-refractivity contribution < 1.29 is 33.9 Å². The molecule has 4 rings (SSSR count). The van der Waals surface area contributed by atoms with Crippen LogP contribution in [0.5, 0.6) is 0 Å². The van der Waals surface area contributed by atoms with Gasteiger partial charge in [-0.25, -0.2) is 9.59 Å². The maximum absolute atomic E-state index is 13.3. The van der Waals surface area contributed by atoms with E-state index in [1.807, 2.05) is 24.1 Å². The molecule has 2 heterocycles. The second-order valence-electron chi connectivity index (χ2n) is 14.2. The van der Waals surface area contributed by atoms with Gasteiger partial charge in [-0.3, -0.25) is 24.1 Å². The van der Waals surface area contributed by atoms with E-state index in [-0.39, 0.29) is 24.4 Å². The van der Waals surface area contributed by atoms with Crippen molar-refractivity contribution in [2.45, 2.75) is 114 Å². The summed E-state index contributed by atoms with van der Waals surface area (Å²) in [5, 5.41) is 18.5. The molecule has 2 unspecified atom stereocenters. The molecule has 0 aromatic rings. The summed E-state index contributed by atoms with van der Waals surface area (Å²) in [6.07, 6.45) is 15.7. The first-order valence-corrected chi connectivity index (χ1v) is 18.1. The van der Waals surface area contributed by atoms with Gasteiger partial charge in [-0.15, -0.1) is 0 Å². The molecule has 4 fully saturated rings. The molecule has 4 aliphatic rings. The molecule has 0 aromatic carbocycles. The van der Waals surface area contributed by atoms with Gasteiger partial charge in [0.1, 0.15) is 11.6 Å². The molecular formula is C35H56N6O7. The molecule has 13 nitrogen and oxygen atoms in total. The molecular weight excluding hydrogens is 616 g/mol. The maximum atomic E-state index is 13.3. The smallest absolute Gasteiger partial charge is 0.330 e. The third-order valence-electron chi connectivity index (χ3n) is 10.7. The van der Waals surface area contributed by atoms with Crippen LogP contribution in [0, 0.1) is 11.8 Å². The van der Waals surface area contributed by atoms with Gasteiger partial charge in [0.25, 0.3) is 0 Å². The molecule has 13 heteroatoms. The number of carbonyl (C=O) groups excluding carboxylic acids is 5. The normalized spacial score (nSPS) is 27.6. The number of unbranched alkanes of at least 4 members (excludes halogenated alkanes) is 3. The molecule has 5 atom stereocenters. The summed E-state index contributed by atoms with van der Waals surface area (Å²) in [5.74, 6) is -2.49. The predicted octanol–water partition coefficient (Wildman–Crippen LogP) is 2.10. The Bertz CT molecular complexity index is 1190. The summed E-state index contributed by atoms with van der Waals surface area (Å²) in [7, 11) is 1.94. The molecule has 0 bridgehead atoms. The Kier molecular flexibility index (Phi) is 14.0. The van der Waals surface area contributed by atoms with Crippen LogP contribution in [0.3, 0.4) is 0 Å². The van der Waals surface area contributed by atoms with Crippen molar-refractivity contribution in [1.82, 2.24) is 30.7 Å². The number of ketones is 1. The van der Waals surface area contributed by atoms with E-state index in [0.717, 1.165) is 70.8 Å². The zero-order valence-corrected chi connectivity index (χ0v) is 28.8. The third kappa shape index (κ3) is 9.87. The lowest BCUT2D eigenvalue weighted by Gasteiger charge is -2.37. The summed E-state index contributed by atoms with van der Waals surface area (Å²) < 4.78 is 0. The number of rotatable bonds is 16. The van der Waals surface area contributed by atoms with E-state index in [4.69, 9.17) is 0 Å². The quantitative estimate of drug-likeness (QED) is 0.0831. The van der Waals surface area contributed by atoms with E-state index in [0.29, 0.717) is 51.7 Å². The number of aldehydes is 1. The van der Waals surface area contributed by atoms with Crippen molar-refractivity contribution in [3.8, 4) is 0 Å².